The van der Waals surface area contributed by atoms with Crippen LogP contribution in [-0.4, -0.2) is 28.0 Å². The molecule has 0 saturated carbocycles. The Kier molecular flexibility index (Phi) is 5.80. The second-order valence-corrected chi connectivity index (χ2v) is 5.97. The topological polar surface area (TPSA) is 38.0 Å². The lowest BCUT2D eigenvalue weighted by molar-refractivity contribution is 0.502. The highest BCUT2D eigenvalue weighted by Gasteiger charge is 2.30. The summed E-state index contributed by atoms with van der Waals surface area (Å²) in [6.07, 6.45) is 7.26. The number of hydrogen-bond donors (Lipinski definition) is 2. The Bertz CT molecular complexity index is 203. The van der Waals surface area contributed by atoms with Gasteiger partial charge < -0.3 is 0 Å². The van der Waals surface area contributed by atoms with Crippen LogP contribution in [0.2, 0.25) is 0 Å². The van der Waals surface area contributed by atoms with E-state index in [2.05, 4.69) is 30.0 Å². The number of hydrogen-bond acceptors (Lipinski definition) is 4. The van der Waals surface area contributed by atoms with Crippen molar-refractivity contribution in [3.63, 3.8) is 0 Å². The van der Waals surface area contributed by atoms with Crippen molar-refractivity contribution in [2.24, 2.45) is 5.84 Å². The highest BCUT2D eigenvalue weighted by atomic mass is 32.2. The van der Waals surface area contributed by atoms with Crippen molar-refractivity contribution in [2.45, 2.75) is 36.3 Å². The Morgan fingerprint density at radius 2 is 2.29 bits per heavy atom. The van der Waals surface area contributed by atoms with Crippen molar-refractivity contribution in [3.05, 3.63) is 0 Å². The molecule has 1 aliphatic heterocycles. The first kappa shape index (κ1) is 12.3. The van der Waals surface area contributed by atoms with E-state index in [9.17, 15) is 0 Å². The molecule has 3 atom stereocenters. The van der Waals surface area contributed by atoms with Gasteiger partial charge in [-0.15, -0.1) is 12.3 Å². The van der Waals surface area contributed by atoms with E-state index in [1.54, 1.807) is 0 Å². The van der Waals surface area contributed by atoms with Gasteiger partial charge in [0.25, 0.3) is 0 Å². The molecular weight excluding hydrogens is 212 g/mol. The zero-order valence-electron chi connectivity index (χ0n) is 8.53. The molecule has 2 nitrogen and oxygen atoms in total. The third-order valence-electron chi connectivity index (χ3n) is 2.44. The molecule has 14 heavy (non-hydrogen) atoms. The van der Waals surface area contributed by atoms with Gasteiger partial charge in [0.15, 0.2) is 0 Å². The van der Waals surface area contributed by atoms with Crippen molar-refractivity contribution >= 4 is 23.5 Å². The monoisotopic (exact) mass is 230 g/mol. The molecule has 0 aliphatic carbocycles. The lowest BCUT2D eigenvalue weighted by atomic mass is 10.1. The molecule has 1 fully saturated rings. The summed E-state index contributed by atoms with van der Waals surface area (Å²) in [6, 6.07) is 0.266. The average Bonchev–Trinajstić information content (AvgIpc) is 2.26. The first-order valence-electron chi connectivity index (χ1n) is 4.96. The minimum atomic E-state index is 0.266. The smallest absolute Gasteiger partial charge is 0.0449 e. The van der Waals surface area contributed by atoms with Crippen LogP contribution >= 0.6 is 23.5 Å². The first-order chi connectivity index (χ1) is 6.83. The molecule has 3 unspecified atom stereocenters. The van der Waals surface area contributed by atoms with Gasteiger partial charge in [0, 0.05) is 34.5 Å². The molecule has 4 heteroatoms. The van der Waals surface area contributed by atoms with Gasteiger partial charge in [-0.3, -0.25) is 11.3 Å². The minimum absolute atomic E-state index is 0.266. The van der Waals surface area contributed by atoms with Crippen LogP contribution in [0.4, 0.5) is 0 Å². The van der Waals surface area contributed by atoms with Crippen LogP contribution in [0, 0.1) is 12.3 Å². The molecule has 0 aromatic rings. The summed E-state index contributed by atoms with van der Waals surface area (Å²) in [4.78, 5) is 0. The molecule has 1 heterocycles. The van der Waals surface area contributed by atoms with Crippen LogP contribution in [0.3, 0.4) is 0 Å². The van der Waals surface area contributed by atoms with Crippen molar-refractivity contribution in [1.29, 1.82) is 0 Å². The Hall–Kier alpha value is 0.180. The number of hydrazine groups is 1. The van der Waals surface area contributed by atoms with Crippen molar-refractivity contribution in [1.82, 2.24) is 5.43 Å². The van der Waals surface area contributed by atoms with Crippen molar-refractivity contribution in [2.75, 3.05) is 11.5 Å². The molecule has 0 aromatic heterocycles. The fourth-order valence-corrected chi connectivity index (χ4v) is 4.95. The summed E-state index contributed by atoms with van der Waals surface area (Å²) in [7, 11) is 0. The van der Waals surface area contributed by atoms with E-state index in [0.717, 1.165) is 6.42 Å². The maximum atomic E-state index is 5.54. The quantitative estimate of drug-likeness (QED) is 0.436. The van der Waals surface area contributed by atoms with Gasteiger partial charge in [0.05, 0.1) is 0 Å². The SMILES string of the molecule is C#CCC(NN)C1SCCSC1CC. The summed E-state index contributed by atoms with van der Waals surface area (Å²) in [5.41, 5.74) is 2.86. The molecule has 1 saturated heterocycles. The van der Waals surface area contributed by atoms with E-state index in [-0.39, 0.29) is 6.04 Å². The third kappa shape index (κ3) is 3.09. The highest BCUT2D eigenvalue weighted by molar-refractivity contribution is 8.07. The zero-order valence-corrected chi connectivity index (χ0v) is 10.2. The number of rotatable bonds is 4. The molecule has 0 amide bonds. The molecule has 0 aromatic carbocycles. The summed E-state index contributed by atoms with van der Waals surface area (Å²) in [5.74, 6) is 10.7. The lowest BCUT2D eigenvalue weighted by Crippen LogP contribution is -2.47. The number of nitrogens with one attached hydrogen (secondary N) is 1. The number of nitrogens with two attached hydrogens (primary N) is 1. The predicted octanol–water partition coefficient (Wildman–Crippen LogP) is 1.47. The highest BCUT2D eigenvalue weighted by Crippen LogP contribution is 2.35. The van der Waals surface area contributed by atoms with E-state index in [1.165, 1.54) is 17.9 Å². The largest absolute Gasteiger partial charge is 0.271 e. The number of terminal acetylenes is 1. The summed E-state index contributed by atoms with van der Waals surface area (Å²) < 4.78 is 0. The molecular formula is C10H18N2S2. The molecule has 80 valence electrons. The first-order valence-corrected chi connectivity index (χ1v) is 7.06. The van der Waals surface area contributed by atoms with Crippen LogP contribution in [0.25, 0.3) is 0 Å². The molecule has 0 bridgehead atoms. The van der Waals surface area contributed by atoms with Crippen LogP contribution in [0.5, 0.6) is 0 Å². The van der Waals surface area contributed by atoms with Crippen molar-refractivity contribution in [3.8, 4) is 12.3 Å². The Labute approximate surface area is 95.1 Å². The van der Waals surface area contributed by atoms with Gasteiger partial charge in [-0.25, -0.2) is 0 Å². The summed E-state index contributed by atoms with van der Waals surface area (Å²) >= 11 is 4.07. The molecule has 0 spiro atoms. The molecule has 1 rings (SSSR count). The summed E-state index contributed by atoms with van der Waals surface area (Å²) in [5, 5.41) is 1.27. The number of thioether (sulfide) groups is 2. The van der Waals surface area contributed by atoms with Crippen molar-refractivity contribution < 1.29 is 0 Å². The molecule has 1 aliphatic rings. The van der Waals surface area contributed by atoms with Gasteiger partial charge in [0.2, 0.25) is 0 Å². The van der Waals surface area contributed by atoms with Crippen LogP contribution in [0.1, 0.15) is 19.8 Å². The van der Waals surface area contributed by atoms with Crippen LogP contribution < -0.4 is 11.3 Å². The van der Waals surface area contributed by atoms with E-state index in [1.807, 2.05) is 11.8 Å². The van der Waals surface area contributed by atoms with Gasteiger partial charge in [0.1, 0.15) is 0 Å². The van der Waals surface area contributed by atoms with Crippen LogP contribution in [0.15, 0.2) is 0 Å². The second-order valence-electron chi connectivity index (χ2n) is 3.33. The van der Waals surface area contributed by atoms with E-state index < -0.39 is 0 Å². The van der Waals surface area contributed by atoms with E-state index in [0.29, 0.717) is 10.5 Å². The maximum Gasteiger partial charge on any atom is 0.0449 e. The van der Waals surface area contributed by atoms with Gasteiger partial charge in [-0.1, -0.05) is 6.92 Å². The minimum Gasteiger partial charge on any atom is -0.271 e. The molecule has 0 radical (unpaired) electrons. The predicted molar refractivity (Wildman–Crippen MR) is 67.3 cm³/mol. The fourth-order valence-electron chi connectivity index (χ4n) is 1.71. The van der Waals surface area contributed by atoms with Crippen LogP contribution in [-0.2, 0) is 0 Å². The molecule has 3 N–H and O–H groups in total. The fraction of sp³-hybridized carbons (Fsp3) is 0.800. The third-order valence-corrected chi connectivity index (χ3v) is 5.85. The second kappa shape index (κ2) is 6.62. The van der Waals surface area contributed by atoms with Gasteiger partial charge >= 0.3 is 0 Å². The summed E-state index contributed by atoms with van der Waals surface area (Å²) in [6.45, 7) is 2.24. The van der Waals surface area contributed by atoms with Gasteiger partial charge in [-0.05, 0) is 6.42 Å². The Morgan fingerprint density at radius 3 is 2.86 bits per heavy atom. The normalized spacial score (nSPS) is 29.5. The maximum absolute atomic E-state index is 5.54. The van der Waals surface area contributed by atoms with E-state index >= 15 is 0 Å². The Balaban J connectivity index is 2.56. The lowest BCUT2D eigenvalue weighted by Gasteiger charge is -2.34. The van der Waals surface area contributed by atoms with E-state index in [4.69, 9.17) is 12.3 Å². The average molecular weight is 230 g/mol. The standard InChI is InChI=1S/C10H18N2S2/c1-3-5-8(12-11)10-9(4-2)13-6-7-14-10/h1,8-10,12H,4-7,11H2,2H3. The zero-order chi connectivity index (χ0) is 10.4. The van der Waals surface area contributed by atoms with Gasteiger partial charge in [-0.2, -0.15) is 23.5 Å². The Morgan fingerprint density at radius 1 is 1.57 bits per heavy atom.